The summed E-state index contributed by atoms with van der Waals surface area (Å²) in [6.45, 7) is 1.33. The van der Waals surface area contributed by atoms with Crippen molar-refractivity contribution in [3.8, 4) is 0 Å². The fourth-order valence-electron chi connectivity index (χ4n) is 2.43. The Hall–Kier alpha value is -3.46. The van der Waals surface area contributed by atoms with E-state index in [-0.39, 0.29) is 24.3 Å². The zero-order valence-corrected chi connectivity index (χ0v) is 16.4. The Labute approximate surface area is 171 Å². The normalized spacial score (nSPS) is 10.2. The first-order chi connectivity index (χ1) is 13.7. The van der Waals surface area contributed by atoms with Crippen LogP contribution in [0.4, 0.5) is 11.4 Å². The Balaban J connectivity index is 2.19. The zero-order valence-electron chi connectivity index (χ0n) is 15.7. The highest BCUT2D eigenvalue weighted by molar-refractivity contribution is 6.33. The van der Waals surface area contributed by atoms with E-state index in [1.54, 1.807) is 31.2 Å². The van der Waals surface area contributed by atoms with Crippen LogP contribution < -0.4 is 5.32 Å². The van der Waals surface area contributed by atoms with Crippen LogP contribution in [0.15, 0.2) is 42.5 Å². The number of amides is 2. The fourth-order valence-corrected chi connectivity index (χ4v) is 2.62. The summed E-state index contributed by atoms with van der Waals surface area (Å²) >= 11 is 5.98. The summed E-state index contributed by atoms with van der Waals surface area (Å²) in [5, 5.41) is 14.1. The number of carbonyl (C=O) groups is 3. The summed E-state index contributed by atoms with van der Waals surface area (Å²) in [5.74, 6) is -1.97. The van der Waals surface area contributed by atoms with E-state index in [0.717, 1.165) is 17.0 Å². The summed E-state index contributed by atoms with van der Waals surface area (Å²) in [7, 11) is 1.36. The number of ether oxygens (including phenoxy) is 1. The molecule has 0 saturated heterocycles. The minimum absolute atomic E-state index is 0.0763. The average molecular weight is 420 g/mol. The van der Waals surface area contributed by atoms with Crippen molar-refractivity contribution in [1.82, 2.24) is 4.90 Å². The second kappa shape index (κ2) is 9.65. The molecule has 2 aromatic rings. The molecule has 0 atom stereocenters. The van der Waals surface area contributed by atoms with Crippen LogP contribution >= 0.6 is 11.6 Å². The second-order valence-electron chi connectivity index (χ2n) is 5.94. The number of para-hydroxylation sites is 1. The van der Waals surface area contributed by atoms with Crippen LogP contribution in [-0.4, -0.2) is 47.8 Å². The van der Waals surface area contributed by atoms with Gasteiger partial charge in [-0.15, -0.1) is 0 Å². The molecule has 2 rings (SSSR count). The Kier molecular flexibility index (Phi) is 7.27. The number of halogens is 1. The van der Waals surface area contributed by atoms with E-state index in [4.69, 9.17) is 16.3 Å². The number of nitro benzene ring substituents is 1. The number of non-ortho nitro benzene ring substituents is 1. The van der Waals surface area contributed by atoms with E-state index in [1.807, 2.05) is 0 Å². The molecule has 2 aromatic carbocycles. The Morgan fingerprint density at radius 1 is 1.17 bits per heavy atom. The van der Waals surface area contributed by atoms with Gasteiger partial charge >= 0.3 is 5.97 Å². The van der Waals surface area contributed by atoms with Crippen LogP contribution in [0.5, 0.6) is 0 Å². The summed E-state index contributed by atoms with van der Waals surface area (Å²) in [6.07, 6.45) is 0. The van der Waals surface area contributed by atoms with Gasteiger partial charge in [0.1, 0.15) is 0 Å². The lowest BCUT2D eigenvalue weighted by Crippen LogP contribution is -2.35. The standard InChI is InChI=1S/C19H18ClN3O6/c1-3-29-19(26)13-8-12(9-14(10-13)23(27)28)18(25)22(2)11-17(24)21-16-7-5-4-6-15(16)20/h4-10H,3,11H2,1-2H3,(H,21,24). The number of nitrogens with one attached hydrogen (secondary N) is 1. The maximum Gasteiger partial charge on any atom is 0.338 e. The van der Waals surface area contributed by atoms with Gasteiger partial charge in [-0.05, 0) is 25.1 Å². The first-order valence-electron chi connectivity index (χ1n) is 8.49. The molecule has 0 saturated carbocycles. The van der Waals surface area contributed by atoms with Crippen LogP contribution in [0, 0.1) is 10.1 Å². The third kappa shape index (κ3) is 5.76. The Bertz CT molecular complexity index is 963. The van der Waals surface area contributed by atoms with Crippen LogP contribution in [0.1, 0.15) is 27.6 Å². The summed E-state index contributed by atoms with van der Waals surface area (Å²) in [6, 6.07) is 9.86. The van der Waals surface area contributed by atoms with Crippen molar-refractivity contribution in [2.45, 2.75) is 6.92 Å². The van der Waals surface area contributed by atoms with E-state index in [9.17, 15) is 24.5 Å². The molecule has 0 aromatic heterocycles. The van der Waals surface area contributed by atoms with Crippen molar-refractivity contribution in [1.29, 1.82) is 0 Å². The Morgan fingerprint density at radius 2 is 1.83 bits per heavy atom. The molecule has 10 heteroatoms. The molecule has 0 bridgehead atoms. The second-order valence-corrected chi connectivity index (χ2v) is 6.34. The summed E-state index contributed by atoms with van der Waals surface area (Å²) in [5.41, 5.74) is -0.290. The number of nitrogens with zero attached hydrogens (tertiary/aromatic N) is 2. The number of rotatable bonds is 7. The maximum atomic E-state index is 12.7. The molecule has 0 heterocycles. The highest BCUT2D eigenvalue weighted by Gasteiger charge is 2.22. The van der Waals surface area contributed by atoms with E-state index in [1.165, 1.54) is 13.1 Å². The van der Waals surface area contributed by atoms with E-state index >= 15 is 0 Å². The number of nitro groups is 1. The van der Waals surface area contributed by atoms with E-state index in [0.29, 0.717) is 10.7 Å². The minimum atomic E-state index is -0.788. The largest absolute Gasteiger partial charge is 0.462 e. The molecule has 0 aliphatic carbocycles. The highest BCUT2D eigenvalue weighted by atomic mass is 35.5. The predicted octanol–water partition coefficient (Wildman–Crippen LogP) is 3.14. The SMILES string of the molecule is CCOC(=O)c1cc(C(=O)N(C)CC(=O)Nc2ccccc2Cl)cc([N+](=O)[O-])c1. The molecule has 0 radical (unpaired) electrons. The first kappa shape index (κ1) is 21.8. The first-order valence-corrected chi connectivity index (χ1v) is 8.87. The van der Waals surface area contributed by atoms with Crippen molar-refractivity contribution in [3.63, 3.8) is 0 Å². The quantitative estimate of drug-likeness (QED) is 0.418. The van der Waals surface area contributed by atoms with Crippen molar-refractivity contribution in [2.24, 2.45) is 0 Å². The number of likely N-dealkylation sites (N-methyl/N-ethyl adjacent to an activating group) is 1. The Morgan fingerprint density at radius 3 is 2.45 bits per heavy atom. The zero-order chi connectivity index (χ0) is 21.6. The average Bonchev–Trinajstić information content (AvgIpc) is 2.68. The van der Waals surface area contributed by atoms with Crippen LogP contribution in [0.2, 0.25) is 5.02 Å². The van der Waals surface area contributed by atoms with Crippen molar-refractivity contribution in [2.75, 3.05) is 25.5 Å². The van der Waals surface area contributed by atoms with Crippen molar-refractivity contribution >= 4 is 40.8 Å². The molecule has 0 aliphatic heterocycles. The van der Waals surface area contributed by atoms with Gasteiger partial charge in [-0.1, -0.05) is 23.7 Å². The van der Waals surface area contributed by atoms with Gasteiger partial charge in [0.25, 0.3) is 11.6 Å². The number of hydrogen-bond acceptors (Lipinski definition) is 6. The van der Waals surface area contributed by atoms with Gasteiger partial charge in [0, 0.05) is 24.7 Å². The molecular weight excluding hydrogens is 402 g/mol. The monoisotopic (exact) mass is 419 g/mol. The molecule has 29 heavy (non-hydrogen) atoms. The number of carbonyl (C=O) groups excluding carboxylic acids is 3. The van der Waals surface area contributed by atoms with Crippen LogP contribution in [-0.2, 0) is 9.53 Å². The highest BCUT2D eigenvalue weighted by Crippen LogP contribution is 2.21. The summed E-state index contributed by atoms with van der Waals surface area (Å²) < 4.78 is 4.84. The van der Waals surface area contributed by atoms with E-state index in [2.05, 4.69) is 5.32 Å². The van der Waals surface area contributed by atoms with Gasteiger partial charge < -0.3 is 15.0 Å². The third-order valence-electron chi connectivity index (χ3n) is 3.76. The lowest BCUT2D eigenvalue weighted by Gasteiger charge is -2.17. The molecule has 152 valence electrons. The third-order valence-corrected chi connectivity index (χ3v) is 4.09. The molecule has 2 amide bonds. The predicted molar refractivity (Wildman–Crippen MR) is 106 cm³/mol. The van der Waals surface area contributed by atoms with Gasteiger partial charge in [-0.2, -0.15) is 0 Å². The summed E-state index contributed by atoms with van der Waals surface area (Å²) in [4.78, 5) is 48.3. The van der Waals surface area contributed by atoms with Crippen LogP contribution in [0.25, 0.3) is 0 Å². The van der Waals surface area contributed by atoms with Crippen molar-refractivity contribution < 1.29 is 24.0 Å². The maximum absolute atomic E-state index is 12.7. The number of benzene rings is 2. The molecule has 0 spiro atoms. The minimum Gasteiger partial charge on any atom is -0.462 e. The van der Waals surface area contributed by atoms with Gasteiger partial charge in [0.15, 0.2) is 0 Å². The van der Waals surface area contributed by atoms with Crippen LogP contribution in [0.3, 0.4) is 0 Å². The smallest absolute Gasteiger partial charge is 0.338 e. The molecular formula is C19H18ClN3O6. The molecule has 0 aliphatic rings. The van der Waals surface area contributed by atoms with Gasteiger partial charge in [-0.25, -0.2) is 4.79 Å². The number of hydrogen-bond donors (Lipinski definition) is 1. The molecule has 9 nitrogen and oxygen atoms in total. The number of esters is 1. The topological polar surface area (TPSA) is 119 Å². The molecule has 0 fully saturated rings. The lowest BCUT2D eigenvalue weighted by molar-refractivity contribution is -0.384. The molecule has 0 unspecified atom stereocenters. The van der Waals surface area contributed by atoms with E-state index < -0.39 is 28.4 Å². The van der Waals surface area contributed by atoms with Gasteiger partial charge in [0.2, 0.25) is 5.91 Å². The number of anilines is 1. The van der Waals surface area contributed by atoms with Gasteiger partial charge in [-0.3, -0.25) is 19.7 Å². The fraction of sp³-hybridized carbons (Fsp3) is 0.211. The van der Waals surface area contributed by atoms with Gasteiger partial charge in [0.05, 0.1) is 34.3 Å². The lowest BCUT2D eigenvalue weighted by atomic mass is 10.1. The van der Waals surface area contributed by atoms with Crippen molar-refractivity contribution in [3.05, 3.63) is 68.7 Å². The molecule has 1 N–H and O–H groups in total.